The molecule has 2 N–H and O–H groups in total. The highest BCUT2D eigenvalue weighted by Gasteiger charge is 2.14. The molecule has 1 amide bonds. The minimum Gasteiger partial charge on any atom is -0.383 e. The Kier molecular flexibility index (Phi) is 9.96. The summed E-state index contributed by atoms with van der Waals surface area (Å²) in [6.07, 6.45) is 0. The second-order valence-electron chi connectivity index (χ2n) is 3.77. The summed E-state index contributed by atoms with van der Waals surface area (Å²) in [5, 5.41) is 8.08. The van der Waals surface area contributed by atoms with Gasteiger partial charge in [0.15, 0.2) is 0 Å². The van der Waals surface area contributed by atoms with Crippen LogP contribution in [0.1, 0.15) is 17.7 Å². The molecule has 0 radical (unpaired) electrons. The number of amides is 1. The number of rotatable bonds is 8. The number of ether oxygens (including phenoxy) is 1. The van der Waals surface area contributed by atoms with Gasteiger partial charge in [-0.1, -0.05) is 6.07 Å². The van der Waals surface area contributed by atoms with Crippen LogP contribution in [0.15, 0.2) is 17.5 Å². The molecule has 1 unspecified atom stereocenters. The summed E-state index contributed by atoms with van der Waals surface area (Å²) in [6.45, 7) is 4.86. The minimum atomic E-state index is -0.0611. The van der Waals surface area contributed by atoms with E-state index >= 15 is 0 Å². The Hall–Kier alpha value is -0.620. The minimum absolute atomic E-state index is 0. The molecule has 0 saturated heterocycles. The number of hydrogen-bond donors (Lipinski definition) is 2. The van der Waals surface area contributed by atoms with E-state index in [1.165, 1.54) is 0 Å². The van der Waals surface area contributed by atoms with E-state index in [2.05, 4.69) is 10.6 Å². The van der Waals surface area contributed by atoms with Gasteiger partial charge in [0.2, 0.25) is 5.91 Å². The van der Waals surface area contributed by atoms with E-state index in [1.807, 2.05) is 24.4 Å². The highest BCUT2D eigenvalue weighted by Crippen LogP contribution is 2.20. The molecular formula is C12H21ClN2O2S. The summed E-state index contributed by atoms with van der Waals surface area (Å²) in [4.78, 5) is 12.9. The molecule has 4 nitrogen and oxygen atoms in total. The van der Waals surface area contributed by atoms with E-state index in [0.29, 0.717) is 13.2 Å². The quantitative estimate of drug-likeness (QED) is 0.716. The van der Waals surface area contributed by atoms with Crippen LogP contribution in [0.4, 0.5) is 0 Å². The van der Waals surface area contributed by atoms with Crippen molar-refractivity contribution in [2.24, 2.45) is 0 Å². The zero-order valence-corrected chi connectivity index (χ0v) is 12.4. The molecule has 18 heavy (non-hydrogen) atoms. The highest BCUT2D eigenvalue weighted by molar-refractivity contribution is 7.10. The second kappa shape index (κ2) is 10.3. The molecule has 0 bridgehead atoms. The fourth-order valence-corrected chi connectivity index (χ4v) is 2.18. The van der Waals surface area contributed by atoms with Crippen molar-refractivity contribution in [3.63, 3.8) is 0 Å². The van der Waals surface area contributed by atoms with Gasteiger partial charge in [-0.3, -0.25) is 4.79 Å². The molecule has 0 aliphatic carbocycles. The summed E-state index contributed by atoms with van der Waals surface area (Å²) < 4.78 is 4.91. The molecule has 1 heterocycles. The van der Waals surface area contributed by atoms with E-state index in [4.69, 9.17) is 4.74 Å². The predicted octanol–water partition coefficient (Wildman–Crippen LogP) is 1.63. The van der Waals surface area contributed by atoms with E-state index in [-0.39, 0.29) is 24.2 Å². The fourth-order valence-electron chi connectivity index (χ4n) is 1.39. The Bertz CT molecular complexity index is 320. The largest absolute Gasteiger partial charge is 0.383 e. The SMILES string of the molecule is COCCNCCNC(=O)C(C)c1cccs1.Cl. The highest BCUT2D eigenvalue weighted by atomic mass is 35.5. The van der Waals surface area contributed by atoms with Crippen LogP contribution in [0.25, 0.3) is 0 Å². The summed E-state index contributed by atoms with van der Waals surface area (Å²) in [6, 6.07) is 3.96. The van der Waals surface area contributed by atoms with Crippen molar-refractivity contribution in [1.82, 2.24) is 10.6 Å². The lowest BCUT2D eigenvalue weighted by atomic mass is 10.1. The number of nitrogens with one attached hydrogen (secondary N) is 2. The number of hydrogen-bond acceptors (Lipinski definition) is 4. The maximum Gasteiger partial charge on any atom is 0.228 e. The molecule has 6 heteroatoms. The van der Waals surface area contributed by atoms with E-state index < -0.39 is 0 Å². The number of methoxy groups -OCH3 is 1. The van der Waals surface area contributed by atoms with Crippen molar-refractivity contribution >= 4 is 29.7 Å². The van der Waals surface area contributed by atoms with Crippen molar-refractivity contribution in [2.45, 2.75) is 12.8 Å². The third kappa shape index (κ3) is 6.35. The first-order chi connectivity index (χ1) is 8.25. The number of carbonyl (C=O) groups is 1. The Balaban J connectivity index is 0.00000289. The zero-order chi connectivity index (χ0) is 12.5. The number of halogens is 1. The van der Waals surface area contributed by atoms with Crippen molar-refractivity contribution in [2.75, 3.05) is 33.4 Å². The lowest BCUT2D eigenvalue weighted by molar-refractivity contribution is -0.122. The molecule has 0 aromatic carbocycles. The normalized spacial score (nSPS) is 11.7. The van der Waals surface area contributed by atoms with Crippen molar-refractivity contribution in [1.29, 1.82) is 0 Å². The first kappa shape index (κ1) is 17.4. The third-order valence-corrected chi connectivity index (χ3v) is 3.50. The monoisotopic (exact) mass is 292 g/mol. The maximum atomic E-state index is 11.8. The molecule has 0 aliphatic heterocycles. The van der Waals surface area contributed by atoms with E-state index in [1.54, 1.807) is 18.4 Å². The Morgan fingerprint density at radius 1 is 1.44 bits per heavy atom. The van der Waals surface area contributed by atoms with Crippen LogP contribution in [-0.4, -0.2) is 39.3 Å². The molecule has 0 fully saturated rings. The van der Waals surface area contributed by atoms with E-state index in [0.717, 1.165) is 18.0 Å². The molecule has 0 saturated carbocycles. The van der Waals surface area contributed by atoms with Crippen LogP contribution in [0, 0.1) is 0 Å². The van der Waals surface area contributed by atoms with Gasteiger partial charge in [-0.2, -0.15) is 0 Å². The van der Waals surface area contributed by atoms with Crippen LogP contribution in [0.5, 0.6) is 0 Å². The summed E-state index contributed by atoms with van der Waals surface area (Å²) >= 11 is 1.62. The van der Waals surface area contributed by atoms with Gasteiger partial charge in [-0.25, -0.2) is 0 Å². The average Bonchev–Trinajstić information content (AvgIpc) is 2.86. The first-order valence-electron chi connectivity index (χ1n) is 5.76. The summed E-state index contributed by atoms with van der Waals surface area (Å²) in [7, 11) is 1.67. The molecule has 0 spiro atoms. The van der Waals surface area contributed by atoms with Gasteiger partial charge in [0.25, 0.3) is 0 Å². The first-order valence-corrected chi connectivity index (χ1v) is 6.64. The van der Waals surface area contributed by atoms with Crippen LogP contribution in [0.3, 0.4) is 0 Å². The second-order valence-corrected chi connectivity index (χ2v) is 4.75. The maximum absolute atomic E-state index is 11.8. The third-order valence-electron chi connectivity index (χ3n) is 2.45. The topological polar surface area (TPSA) is 50.4 Å². The smallest absolute Gasteiger partial charge is 0.228 e. The van der Waals surface area contributed by atoms with Crippen LogP contribution >= 0.6 is 23.7 Å². The molecule has 104 valence electrons. The summed E-state index contributed by atoms with van der Waals surface area (Å²) in [5.41, 5.74) is 0. The molecular weight excluding hydrogens is 272 g/mol. The van der Waals surface area contributed by atoms with Gasteiger partial charge in [0, 0.05) is 31.6 Å². The van der Waals surface area contributed by atoms with Crippen molar-refractivity contribution in [3.05, 3.63) is 22.4 Å². The Morgan fingerprint density at radius 3 is 2.83 bits per heavy atom. The lowest BCUT2D eigenvalue weighted by Gasteiger charge is -2.11. The predicted molar refractivity (Wildman–Crippen MR) is 77.7 cm³/mol. The fraction of sp³-hybridized carbons (Fsp3) is 0.583. The standard InChI is InChI=1S/C12H20N2O2S.ClH/c1-10(11-4-3-9-17-11)12(15)14-6-5-13-7-8-16-2;/h3-4,9-10,13H,5-8H2,1-2H3,(H,14,15);1H. The van der Waals surface area contributed by atoms with Crippen LogP contribution in [0.2, 0.25) is 0 Å². The molecule has 1 atom stereocenters. The van der Waals surface area contributed by atoms with Gasteiger partial charge in [-0.05, 0) is 18.4 Å². The van der Waals surface area contributed by atoms with E-state index in [9.17, 15) is 4.79 Å². The van der Waals surface area contributed by atoms with Gasteiger partial charge in [-0.15, -0.1) is 23.7 Å². The Labute approximate surface area is 119 Å². The molecule has 1 aromatic rings. The molecule has 0 aliphatic rings. The zero-order valence-electron chi connectivity index (χ0n) is 10.8. The van der Waals surface area contributed by atoms with Gasteiger partial charge in [0.1, 0.15) is 0 Å². The van der Waals surface area contributed by atoms with Gasteiger partial charge >= 0.3 is 0 Å². The van der Waals surface area contributed by atoms with Crippen LogP contribution in [-0.2, 0) is 9.53 Å². The molecule has 1 rings (SSSR count). The van der Waals surface area contributed by atoms with Crippen LogP contribution < -0.4 is 10.6 Å². The summed E-state index contributed by atoms with van der Waals surface area (Å²) in [5.74, 6) is 0.0231. The lowest BCUT2D eigenvalue weighted by Crippen LogP contribution is -2.35. The van der Waals surface area contributed by atoms with Crippen molar-refractivity contribution in [3.8, 4) is 0 Å². The number of carbonyl (C=O) groups excluding carboxylic acids is 1. The van der Waals surface area contributed by atoms with Gasteiger partial charge in [0.05, 0.1) is 12.5 Å². The molecule has 1 aromatic heterocycles. The average molecular weight is 293 g/mol. The van der Waals surface area contributed by atoms with Crippen molar-refractivity contribution < 1.29 is 9.53 Å². The Morgan fingerprint density at radius 2 is 2.22 bits per heavy atom. The number of thiophene rings is 1. The van der Waals surface area contributed by atoms with Gasteiger partial charge < -0.3 is 15.4 Å².